The van der Waals surface area contributed by atoms with Crippen molar-refractivity contribution in [3.8, 4) is 0 Å². The first-order chi connectivity index (χ1) is 3.64. The average molecular weight is 116 g/mol. The smallest absolute Gasteiger partial charge is 0.0378 e. The zero-order chi connectivity index (χ0) is 6.31. The molecule has 0 radical (unpaired) electrons. The van der Waals surface area contributed by atoms with Crippen LogP contribution in [0.3, 0.4) is 0 Å². The van der Waals surface area contributed by atoms with E-state index in [-0.39, 0.29) is 24.2 Å². The van der Waals surface area contributed by atoms with Gasteiger partial charge in [0.15, 0.2) is 0 Å². The van der Waals surface area contributed by atoms with Crippen molar-refractivity contribution in [3.05, 3.63) is 0 Å². The van der Waals surface area contributed by atoms with Crippen LogP contribution in [0, 0.1) is 0 Å². The Morgan fingerprint density at radius 1 is 0.500 bits per heavy atom. The summed E-state index contributed by atoms with van der Waals surface area (Å²) in [6.07, 6.45) is 0. The van der Waals surface area contributed by atoms with Gasteiger partial charge in [-0.1, -0.05) is 0 Å². The lowest BCUT2D eigenvalue weighted by molar-refractivity contribution is 0.239. The second-order valence-electron chi connectivity index (χ2n) is 2.31. The Labute approximate surface area is 48.2 Å². The van der Waals surface area contributed by atoms with E-state index in [2.05, 4.69) is 0 Å². The second-order valence-corrected chi connectivity index (χ2v) is 2.31. The van der Waals surface area contributed by atoms with Crippen molar-refractivity contribution in [2.24, 2.45) is 22.9 Å². The van der Waals surface area contributed by atoms with Crippen molar-refractivity contribution in [3.63, 3.8) is 0 Å². The highest BCUT2D eigenvalue weighted by molar-refractivity contribution is 5.09. The van der Waals surface area contributed by atoms with Gasteiger partial charge in [0.25, 0.3) is 0 Å². The van der Waals surface area contributed by atoms with Crippen molar-refractivity contribution in [2.75, 3.05) is 0 Å². The summed E-state index contributed by atoms with van der Waals surface area (Å²) in [4.78, 5) is 0. The molecule has 4 nitrogen and oxygen atoms in total. The Kier molecular flexibility index (Phi) is 1.24. The summed E-state index contributed by atoms with van der Waals surface area (Å²) in [7, 11) is 0. The summed E-state index contributed by atoms with van der Waals surface area (Å²) < 4.78 is 0. The zero-order valence-electron chi connectivity index (χ0n) is 4.62. The van der Waals surface area contributed by atoms with Crippen LogP contribution in [0.15, 0.2) is 0 Å². The number of hydrogen-bond donors (Lipinski definition) is 4. The molecule has 0 aromatic carbocycles. The third kappa shape index (κ3) is 0.545. The Bertz CT molecular complexity index is 62.0. The van der Waals surface area contributed by atoms with E-state index in [0.717, 1.165) is 0 Å². The van der Waals surface area contributed by atoms with E-state index in [1.807, 2.05) is 0 Å². The number of rotatable bonds is 0. The minimum atomic E-state index is -0.0926. The zero-order valence-corrected chi connectivity index (χ0v) is 4.62. The van der Waals surface area contributed by atoms with E-state index in [1.54, 1.807) is 0 Å². The predicted octanol–water partition coefficient (Wildman–Crippen LogP) is -2.69. The fourth-order valence-electron chi connectivity index (χ4n) is 0.881. The summed E-state index contributed by atoms with van der Waals surface area (Å²) >= 11 is 0. The lowest BCUT2D eigenvalue weighted by Gasteiger charge is -2.43. The fraction of sp³-hybridized carbons (Fsp3) is 1.00. The van der Waals surface area contributed by atoms with Gasteiger partial charge in [0, 0.05) is 24.2 Å². The predicted molar refractivity (Wildman–Crippen MR) is 31.9 cm³/mol. The van der Waals surface area contributed by atoms with Gasteiger partial charge < -0.3 is 22.9 Å². The van der Waals surface area contributed by atoms with Gasteiger partial charge in [0.1, 0.15) is 0 Å². The lowest BCUT2D eigenvalue weighted by atomic mass is 9.78. The molecular weight excluding hydrogens is 104 g/mol. The third-order valence-electron chi connectivity index (χ3n) is 1.78. The molecule has 0 amide bonds. The van der Waals surface area contributed by atoms with Crippen molar-refractivity contribution >= 4 is 0 Å². The standard InChI is InChI=1S/C4H12N4/c5-1-2(6)4(8)3(1)7/h1-4H,5-8H2. The molecule has 1 saturated carbocycles. The van der Waals surface area contributed by atoms with Crippen molar-refractivity contribution in [1.29, 1.82) is 0 Å². The quantitative estimate of drug-likeness (QED) is 0.276. The van der Waals surface area contributed by atoms with Crippen LogP contribution in [-0.4, -0.2) is 24.2 Å². The van der Waals surface area contributed by atoms with E-state index >= 15 is 0 Å². The maximum absolute atomic E-state index is 5.43. The van der Waals surface area contributed by atoms with E-state index in [1.165, 1.54) is 0 Å². The summed E-state index contributed by atoms with van der Waals surface area (Å²) in [6, 6.07) is -0.370. The topological polar surface area (TPSA) is 104 Å². The number of hydrogen-bond acceptors (Lipinski definition) is 4. The van der Waals surface area contributed by atoms with Gasteiger partial charge in [-0.05, 0) is 0 Å². The summed E-state index contributed by atoms with van der Waals surface area (Å²) in [5, 5.41) is 0. The molecule has 0 bridgehead atoms. The molecule has 1 rings (SSSR count). The van der Waals surface area contributed by atoms with Crippen LogP contribution in [0.5, 0.6) is 0 Å². The monoisotopic (exact) mass is 116 g/mol. The third-order valence-corrected chi connectivity index (χ3v) is 1.78. The molecule has 0 aromatic heterocycles. The van der Waals surface area contributed by atoms with E-state index in [9.17, 15) is 0 Å². The molecule has 0 aliphatic heterocycles. The fourth-order valence-corrected chi connectivity index (χ4v) is 0.881. The minimum Gasteiger partial charge on any atom is -0.325 e. The maximum atomic E-state index is 5.43. The molecule has 1 aliphatic rings. The van der Waals surface area contributed by atoms with Crippen molar-refractivity contribution in [2.45, 2.75) is 24.2 Å². The Hall–Kier alpha value is -0.160. The molecule has 0 aromatic rings. The molecule has 0 unspecified atom stereocenters. The first kappa shape index (κ1) is 5.97. The van der Waals surface area contributed by atoms with E-state index in [0.29, 0.717) is 0 Å². The molecule has 0 saturated heterocycles. The Morgan fingerprint density at radius 2 is 0.625 bits per heavy atom. The molecule has 0 atom stereocenters. The average Bonchev–Trinajstić information content (AvgIpc) is 1.83. The molecule has 48 valence electrons. The highest BCUT2D eigenvalue weighted by atomic mass is 15.0. The molecule has 8 heavy (non-hydrogen) atoms. The van der Waals surface area contributed by atoms with Crippen LogP contribution in [0.25, 0.3) is 0 Å². The van der Waals surface area contributed by atoms with Gasteiger partial charge in [-0.2, -0.15) is 0 Å². The van der Waals surface area contributed by atoms with Gasteiger partial charge in [-0.3, -0.25) is 0 Å². The largest absolute Gasteiger partial charge is 0.325 e. The first-order valence-electron chi connectivity index (χ1n) is 2.67. The van der Waals surface area contributed by atoms with E-state index in [4.69, 9.17) is 22.9 Å². The molecule has 1 aliphatic carbocycles. The summed E-state index contributed by atoms with van der Waals surface area (Å²) in [5.41, 5.74) is 21.7. The molecule has 4 heteroatoms. The normalized spacial score (nSPS) is 55.5. The number of nitrogens with two attached hydrogens (primary N) is 4. The van der Waals surface area contributed by atoms with Gasteiger partial charge >= 0.3 is 0 Å². The van der Waals surface area contributed by atoms with Crippen LogP contribution >= 0.6 is 0 Å². The maximum Gasteiger partial charge on any atom is 0.0378 e. The highest BCUT2D eigenvalue weighted by Gasteiger charge is 2.41. The SMILES string of the molecule is NC1C(N)C(N)C1N. The molecule has 8 N–H and O–H groups in total. The summed E-state index contributed by atoms with van der Waals surface area (Å²) in [5.74, 6) is 0. The highest BCUT2D eigenvalue weighted by Crippen LogP contribution is 2.12. The Morgan fingerprint density at radius 3 is 0.750 bits per heavy atom. The van der Waals surface area contributed by atoms with Crippen LogP contribution in [-0.2, 0) is 0 Å². The van der Waals surface area contributed by atoms with Gasteiger partial charge in [-0.15, -0.1) is 0 Å². The Balaban J connectivity index is 2.42. The molecule has 0 spiro atoms. The molecule has 0 heterocycles. The molecule has 1 fully saturated rings. The van der Waals surface area contributed by atoms with Crippen LogP contribution in [0.4, 0.5) is 0 Å². The lowest BCUT2D eigenvalue weighted by Crippen LogP contribution is -2.77. The van der Waals surface area contributed by atoms with Crippen LogP contribution < -0.4 is 22.9 Å². The van der Waals surface area contributed by atoms with Crippen LogP contribution in [0.2, 0.25) is 0 Å². The van der Waals surface area contributed by atoms with E-state index < -0.39 is 0 Å². The van der Waals surface area contributed by atoms with Gasteiger partial charge in [0.05, 0.1) is 0 Å². The first-order valence-corrected chi connectivity index (χ1v) is 2.67. The van der Waals surface area contributed by atoms with Crippen LogP contribution in [0.1, 0.15) is 0 Å². The molecular formula is C4H12N4. The van der Waals surface area contributed by atoms with Crippen molar-refractivity contribution in [1.82, 2.24) is 0 Å². The minimum absolute atomic E-state index is 0.0926. The van der Waals surface area contributed by atoms with Gasteiger partial charge in [-0.25, -0.2) is 0 Å². The second kappa shape index (κ2) is 1.66. The van der Waals surface area contributed by atoms with Crippen molar-refractivity contribution < 1.29 is 0 Å². The summed E-state index contributed by atoms with van der Waals surface area (Å²) in [6.45, 7) is 0. The van der Waals surface area contributed by atoms with Gasteiger partial charge in [0.2, 0.25) is 0 Å².